The average Bonchev–Trinajstić information content (AvgIpc) is 2.19. The van der Waals surface area contributed by atoms with Crippen molar-refractivity contribution in [3.05, 3.63) is 0 Å². The quantitative estimate of drug-likeness (QED) is 0.512. The van der Waals surface area contributed by atoms with E-state index in [0.29, 0.717) is 17.8 Å². The molecule has 0 aromatic rings. The first kappa shape index (κ1) is 30.8. The van der Waals surface area contributed by atoms with Crippen molar-refractivity contribution in [2.75, 3.05) is 19.8 Å². The van der Waals surface area contributed by atoms with Gasteiger partial charge >= 0.3 is 21.7 Å². The predicted molar refractivity (Wildman–Crippen MR) is 59.1 cm³/mol. The Hall–Kier alpha value is 1.07. The molecule has 0 N–H and O–H groups in total. The van der Waals surface area contributed by atoms with Crippen molar-refractivity contribution in [3.63, 3.8) is 0 Å². The van der Waals surface area contributed by atoms with Gasteiger partial charge in [0, 0.05) is 0 Å². The van der Waals surface area contributed by atoms with Crippen molar-refractivity contribution < 1.29 is 54.0 Å². The molecule has 0 aliphatic carbocycles. The van der Waals surface area contributed by atoms with E-state index in [1.54, 1.807) is 0 Å². The molecule has 17 heavy (non-hydrogen) atoms. The summed E-state index contributed by atoms with van der Waals surface area (Å²) < 4.78 is 0. The fourth-order valence-corrected chi connectivity index (χ4v) is 0. The molecular weight excluding hydrogens is 320 g/mol. The van der Waals surface area contributed by atoms with Crippen LogP contribution in [0.15, 0.2) is 0 Å². The molecule has 5 heteroatoms. The Morgan fingerprint density at radius 2 is 0.647 bits per heavy atom. The van der Waals surface area contributed by atoms with Crippen LogP contribution >= 0.6 is 0 Å². The van der Waals surface area contributed by atoms with E-state index in [2.05, 4.69) is 0 Å². The zero-order valence-corrected chi connectivity index (χ0v) is 15.1. The SMILES string of the molecule is CC(C)C[O-].CC(C)C[O-].CC(C)C[O-].[Br-].[Ti+4]. The molecule has 0 aromatic heterocycles. The maximum absolute atomic E-state index is 9.63. The van der Waals surface area contributed by atoms with E-state index < -0.39 is 0 Å². The molecule has 0 unspecified atom stereocenters. The molecule has 0 saturated heterocycles. The normalized spacial score (nSPS) is 8.47. The van der Waals surface area contributed by atoms with Crippen LogP contribution in [-0.2, 0) is 21.7 Å². The van der Waals surface area contributed by atoms with E-state index in [4.69, 9.17) is 0 Å². The monoisotopic (exact) mass is 346 g/mol. The number of halogens is 1. The summed E-state index contributed by atoms with van der Waals surface area (Å²) >= 11 is 0. The van der Waals surface area contributed by atoms with Crippen LogP contribution in [0, 0.1) is 17.8 Å². The maximum Gasteiger partial charge on any atom is 4.00 e. The molecule has 0 fully saturated rings. The summed E-state index contributed by atoms with van der Waals surface area (Å²) in [5, 5.41) is 28.9. The fraction of sp³-hybridized carbons (Fsp3) is 1.00. The van der Waals surface area contributed by atoms with Gasteiger partial charge in [-0.1, -0.05) is 59.3 Å². The largest absolute Gasteiger partial charge is 4.00 e. The summed E-state index contributed by atoms with van der Waals surface area (Å²) in [6, 6.07) is 0. The summed E-state index contributed by atoms with van der Waals surface area (Å²) in [7, 11) is 0. The minimum atomic E-state index is 0. The van der Waals surface area contributed by atoms with Crippen molar-refractivity contribution >= 4 is 0 Å². The van der Waals surface area contributed by atoms with Crippen molar-refractivity contribution in [1.82, 2.24) is 0 Å². The van der Waals surface area contributed by atoms with E-state index in [-0.39, 0.29) is 58.5 Å². The fourth-order valence-electron chi connectivity index (χ4n) is 0. The minimum Gasteiger partial charge on any atom is -1.00 e. The second kappa shape index (κ2) is 25.8. The average molecular weight is 347 g/mol. The van der Waals surface area contributed by atoms with E-state index in [1.807, 2.05) is 41.5 Å². The van der Waals surface area contributed by atoms with Crippen LogP contribution in [0.1, 0.15) is 41.5 Å². The van der Waals surface area contributed by atoms with Gasteiger partial charge in [-0.05, 0) is 0 Å². The van der Waals surface area contributed by atoms with Gasteiger partial charge in [0.2, 0.25) is 0 Å². The van der Waals surface area contributed by atoms with Crippen molar-refractivity contribution in [3.8, 4) is 0 Å². The Bertz CT molecular complexity index is 82.7. The van der Waals surface area contributed by atoms with Crippen molar-refractivity contribution in [1.29, 1.82) is 0 Å². The van der Waals surface area contributed by atoms with Crippen LogP contribution in [-0.4, -0.2) is 19.8 Å². The molecule has 0 aromatic carbocycles. The molecule has 0 heterocycles. The van der Waals surface area contributed by atoms with E-state index >= 15 is 0 Å². The molecule has 0 radical (unpaired) electrons. The Morgan fingerprint density at radius 1 is 0.588 bits per heavy atom. The van der Waals surface area contributed by atoms with Gasteiger partial charge in [0.05, 0.1) is 0 Å². The summed E-state index contributed by atoms with van der Waals surface area (Å²) in [4.78, 5) is 0. The zero-order chi connectivity index (χ0) is 12.9. The summed E-state index contributed by atoms with van der Waals surface area (Å²) in [5.41, 5.74) is 0. The van der Waals surface area contributed by atoms with E-state index in [9.17, 15) is 15.3 Å². The first-order valence-corrected chi connectivity index (χ1v) is 5.55. The van der Waals surface area contributed by atoms with Crippen LogP contribution in [0.3, 0.4) is 0 Å². The number of hydrogen-bond donors (Lipinski definition) is 0. The molecule has 0 rings (SSSR count). The molecule has 0 saturated carbocycles. The first-order valence-electron chi connectivity index (χ1n) is 5.55. The molecular formula is C12H27BrO3Ti. The standard InChI is InChI=1S/3C4H9O.BrH.Ti/c3*1-4(2)3-5;;/h3*4H,3H2,1-2H3;1H;/q3*-1;;+4/p-1. The van der Waals surface area contributed by atoms with Crippen LogP contribution in [0.25, 0.3) is 0 Å². The second-order valence-electron chi connectivity index (χ2n) is 4.68. The summed E-state index contributed by atoms with van der Waals surface area (Å²) in [6.45, 7) is 11.6. The molecule has 0 aliphatic heterocycles. The predicted octanol–water partition coefficient (Wildman–Crippen LogP) is -2.99. The number of hydrogen-bond acceptors (Lipinski definition) is 3. The van der Waals surface area contributed by atoms with Crippen LogP contribution in [0.5, 0.6) is 0 Å². The third-order valence-electron chi connectivity index (χ3n) is 1.00. The first-order chi connectivity index (χ1) is 6.81. The molecule has 0 atom stereocenters. The third-order valence-corrected chi connectivity index (χ3v) is 1.00. The van der Waals surface area contributed by atoms with Crippen molar-refractivity contribution in [2.24, 2.45) is 17.8 Å². The van der Waals surface area contributed by atoms with Gasteiger partial charge in [0.15, 0.2) is 0 Å². The summed E-state index contributed by atoms with van der Waals surface area (Å²) in [5.74, 6) is 0.986. The molecule has 0 bridgehead atoms. The van der Waals surface area contributed by atoms with Gasteiger partial charge in [-0.2, -0.15) is 0 Å². The second-order valence-corrected chi connectivity index (χ2v) is 4.68. The molecule has 104 valence electrons. The molecule has 3 nitrogen and oxygen atoms in total. The van der Waals surface area contributed by atoms with E-state index in [0.717, 1.165) is 0 Å². The van der Waals surface area contributed by atoms with E-state index in [1.165, 1.54) is 0 Å². The maximum atomic E-state index is 9.63. The summed E-state index contributed by atoms with van der Waals surface area (Å²) in [6.07, 6.45) is 0. The molecule has 0 amide bonds. The minimum absolute atomic E-state index is 0. The van der Waals surface area contributed by atoms with Crippen LogP contribution < -0.4 is 32.3 Å². The Kier molecular flexibility index (Phi) is 46.8. The zero-order valence-electron chi connectivity index (χ0n) is 12.0. The number of rotatable bonds is 3. The van der Waals surface area contributed by atoms with Gasteiger partial charge in [0.25, 0.3) is 0 Å². The van der Waals surface area contributed by atoms with Crippen molar-refractivity contribution in [2.45, 2.75) is 41.5 Å². The van der Waals surface area contributed by atoms with Crippen LogP contribution in [0.2, 0.25) is 0 Å². The Morgan fingerprint density at radius 3 is 0.647 bits per heavy atom. The van der Waals surface area contributed by atoms with Gasteiger partial charge in [-0.25, -0.2) is 0 Å². The van der Waals surface area contributed by atoms with Gasteiger partial charge in [0.1, 0.15) is 0 Å². The Labute approximate surface area is 133 Å². The Balaban J connectivity index is -0.0000000400. The topological polar surface area (TPSA) is 69.2 Å². The third kappa shape index (κ3) is 77.5. The van der Waals surface area contributed by atoms with Gasteiger partial charge in [-0.15, -0.1) is 19.8 Å². The molecule has 0 aliphatic rings. The van der Waals surface area contributed by atoms with Gasteiger partial charge in [-0.3, -0.25) is 0 Å². The van der Waals surface area contributed by atoms with Crippen LogP contribution in [0.4, 0.5) is 0 Å². The molecule has 0 spiro atoms. The van der Waals surface area contributed by atoms with Gasteiger partial charge < -0.3 is 32.3 Å². The smallest absolute Gasteiger partial charge is 1.00 e.